The third-order valence-electron chi connectivity index (χ3n) is 4.81. The van der Waals surface area contributed by atoms with Crippen LogP contribution in [0.4, 0.5) is 0 Å². The molecule has 27 heavy (non-hydrogen) atoms. The van der Waals surface area contributed by atoms with Crippen LogP contribution >= 0.6 is 0 Å². The molecule has 3 heterocycles. The maximum absolute atomic E-state index is 13.0. The van der Waals surface area contributed by atoms with E-state index >= 15 is 0 Å². The molecule has 1 aromatic carbocycles. The fourth-order valence-corrected chi connectivity index (χ4v) is 3.46. The van der Waals surface area contributed by atoms with E-state index in [4.69, 9.17) is 4.74 Å². The number of benzene rings is 1. The highest BCUT2D eigenvalue weighted by molar-refractivity contribution is 5.81. The maximum Gasteiger partial charge on any atom is 0.330 e. The fourth-order valence-electron chi connectivity index (χ4n) is 3.46. The predicted molar refractivity (Wildman–Crippen MR) is 102 cm³/mol. The van der Waals surface area contributed by atoms with Crippen molar-refractivity contribution in [1.29, 1.82) is 0 Å². The van der Waals surface area contributed by atoms with Gasteiger partial charge in [-0.25, -0.2) is 9.78 Å². The topological polar surface area (TPSA) is 78.2 Å². The molecule has 1 amide bonds. The zero-order chi connectivity index (χ0) is 18.6. The summed E-state index contributed by atoms with van der Waals surface area (Å²) in [4.78, 5) is 29.4. The lowest BCUT2D eigenvalue weighted by Crippen LogP contribution is -2.37. The highest BCUT2D eigenvalue weighted by atomic mass is 16.5. The van der Waals surface area contributed by atoms with Crippen LogP contribution in [0.15, 0.2) is 53.5 Å². The van der Waals surface area contributed by atoms with Crippen LogP contribution < -0.4 is 11.0 Å². The van der Waals surface area contributed by atoms with Crippen molar-refractivity contribution in [3.8, 4) is 0 Å². The summed E-state index contributed by atoms with van der Waals surface area (Å²) in [5.41, 5.74) is 2.34. The minimum Gasteiger partial charge on any atom is -0.368 e. The van der Waals surface area contributed by atoms with E-state index in [9.17, 15) is 9.59 Å². The summed E-state index contributed by atoms with van der Waals surface area (Å²) >= 11 is 0. The third kappa shape index (κ3) is 3.64. The summed E-state index contributed by atoms with van der Waals surface area (Å²) in [5, 5.41) is 2.86. The van der Waals surface area contributed by atoms with E-state index in [2.05, 4.69) is 10.3 Å². The number of hydrogen-bond donors (Lipinski definition) is 1. The third-order valence-corrected chi connectivity index (χ3v) is 4.81. The summed E-state index contributed by atoms with van der Waals surface area (Å²) in [6, 6.07) is 13.6. The smallest absolute Gasteiger partial charge is 0.330 e. The molecule has 0 saturated carbocycles. The second-order valence-electron chi connectivity index (χ2n) is 6.64. The Bertz CT molecular complexity index is 987. The molecule has 7 nitrogen and oxygen atoms in total. The van der Waals surface area contributed by atoms with Gasteiger partial charge in [-0.1, -0.05) is 30.3 Å². The predicted octanol–water partition coefficient (Wildman–Crippen LogP) is 1.54. The molecule has 7 heteroatoms. The quantitative estimate of drug-likeness (QED) is 0.718. The van der Waals surface area contributed by atoms with Crippen LogP contribution in [-0.4, -0.2) is 39.3 Å². The van der Waals surface area contributed by atoms with Gasteiger partial charge in [0.15, 0.2) is 5.65 Å². The fraction of sp³-hybridized carbons (Fsp3) is 0.350. The van der Waals surface area contributed by atoms with Crippen LogP contribution in [0.5, 0.6) is 0 Å². The van der Waals surface area contributed by atoms with Crippen molar-refractivity contribution in [2.24, 2.45) is 0 Å². The Morgan fingerprint density at radius 1 is 1.19 bits per heavy atom. The lowest BCUT2D eigenvalue weighted by atomic mass is 10.2. The molecule has 1 N–H and O–H groups in total. The molecule has 0 bridgehead atoms. The number of nitrogens with one attached hydrogen (secondary N) is 1. The van der Waals surface area contributed by atoms with Crippen molar-refractivity contribution in [2.75, 3.05) is 13.2 Å². The molecule has 3 aromatic rings. The summed E-state index contributed by atoms with van der Waals surface area (Å²) in [7, 11) is 0. The first-order valence-corrected chi connectivity index (χ1v) is 9.21. The molecule has 1 atom stereocenters. The van der Waals surface area contributed by atoms with Gasteiger partial charge in [0.2, 0.25) is 5.91 Å². The number of fused-ring (bicyclic) bond motifs is 1. The number of rotatable bonds is 6. The summed E-state index contributed by atoms with van der Waals surface area (Å²) in [6.45, 7) is 1.85. The van der Waals surface area contributed by atoms with Crippen LogP contribution in [-0.2, 0) is 22.6 Å². The molecule has 140 valence electrons. The van der Waals surface area contributed by atoms with Gasteiger partial charge in [-0.15, -0.1) is 0 Å². The second-order valence-corrected chi connectivity index (χ2v) is 6.64. The first-order valence-electron chi connectivity index (χ1n) is 9.21. The van der Waals surface area contributed by atoms with Gasteiger partial charge in [0.25, 0.3) is 0 Å². The van der Waals surface area contributed by atoms with E-state index in [-0.39, 0.29) is 17.7 Å². The average molecular weight is 366 g/mol. The number of hydrogen-bond acceptors (Lipinski definition) is 4. The molecule has 1 fully saturated rings. The van der Waals surface area contributed by atoms with Gasteiger partial charge in [0.05, 0.1) is 12.1 Å². The van der Waals surface area contributed by atoms with Crippen molar-refractivity contribution < 1.29 is 9.53 Å². The summed E-state index contributed by atoms with van der Waals surface area (Å²) in [6.07, 6.45) is 2.98. The van der Waals surface area contributed by atoms with Crippen LogP contribution in [0.2, 0.25) is 0 Å². The molecule has 2 aromatic heterocycles. The van der Waals surface area contributed by atoms with Crippen LogP contribution in [0.3, 0.4) is 0 Å². The Labute approximate surface area is 156 Å². The lowest BCUT2D eigenvalue weighted by Gasteiger charge is -2.10. The number of carbonyl (C=O) groups is 1. The monoisotopic (exact) mass is 366 g/mol. The van der Waals surface area contributed by atoms with E-state index in [1.54, 1.807) is 15.3 Å². The van der Waals surface area contributed by atoms with Gasteiger partial charge in [-0.05, 0) is 30.5 Å². The molecule has 0 aliphatic carbocycles. The number of amides is 1. The van der Waals surface area contributed by atoms with Gasteiger partial charge in [-0.2, -0.15) is 0 Å². The molecule has 1 unspecified atom stereocenters. The van der Waals surface area contributed by atoms with Crippen LogP contribution in [0.25, 0.3) is 11.2 Å². The Morgan fingerprint density at radius 2 is 2.04 bits per heavy atom. The largest absolute Gasteiger partial charge is 0.368 e. The second kappa shape index (κ2) is 7.75. The normalized spacial score (nSPS) is 16.7. The molecule has 0 spiro atoms. The Kier molecular flexibility index (Phi) is 5.02. The minimum atomic E-state index is -0.362. The molecule has 0 radical (unpaired) electrons. The Morgan fingerprint density at radius 3 is 2.81 bits per heavy atom. The van der Waals surface area contributed by atoms with Gasteiger partial charge in [0.1, 0.15) is 6.10 Å². The summed E-state index contributed by atoms with van der Waals surface area (Å²) in [5.74, 6) is -0.110. The highest BCUT2D eigenvalue weighted by Gasteiger charge is 2.23. The van der Waals surface area contributed by atoms with E-state index in [1.165, 1.54) is 0 Å². The number of carbonyl (C=O) groups excluding carboxylic acids is 1. The van der Waals surface area contributed by atoms with Gasteiger partial charge in [0, 0.05) is 25.9 Å². The van der Waals surface area contributed by atoms with Crippen LogP contribution in [0, 0.1) is 0 Å². The van der Waals surface area contributed by atoms with Crippen molar-refractivity contribution in [3.63, 3.8) is 0 Å². The van der Waals surface area contributed by atoms with Gasteiger partial charge >= 0.3 is 5.69 Å². The number of imidazole rings is 1. The van der Waals surface area contributed by atoms with E-state index < -0.39 is 0 Å². The van der Waals surface area contributed by atoms with Crippen molar-refractivity contribution in [1.82, 2.24) is 19.4 Å². The molecular formula is C20H22N4O3. The Balaban J connectivity index is 1.54. The van der Waals surface area contributed by atoms with E-state index in [0.717, 1.165) is 23.9 Å². The number of aromatic nitrogens is 3. The summed E-state index contributed by atoms with van der Waals surface area (Å²) < 4.78 is 8.73. The first kappa shape index (κ1) is 17.5. The molecule has 1 saturated heterocycles. The number of nitrogens with zero attached hydrogens (tertiary/aromatic N) is 3. The minimum absolute atomic E-state index is 0.110. The number of ether oxygens (including phenoxy) is 1. The zero-order valence-electron chi connectivity index (χ0n) is 15.0. The first-order chi connectivity index (χ1) is 13.2. The van der Waals surface area contributed by atoms with Crippen molar-refractivity contribution >= 4 is 17.1 Å². The van der Waals surface area contributed by atoms with Crippen molar-refractivity contribution in [2.45, 2.75) is 32.0 Å². The molecule has 1 aliphatic rings. The van der Waals surface area contributed by atoms with Crippen LogP contribution in [0.1, 0.15) is 18.4 Å². The van der Waals surface area contributed by atoms with Gasteiger partial charge < -0.3 is 10.1 Å². The highest BCUT2D eigenvalue weighted by Crippen LogP contribution is 2.13. The molecule has 4 rings (SSSR count). The molecular weight excluding hydrogens is 344 g/mol. The maximum atomic E-state index is 13.0. The van der Waals surface area contributed by atoms with E-state index in [1.807, 2.05) is 42.5 Å². The Hall–Kier alpha value is -2.93. The molecule has 1 aliphatic heterocycles. The lowest BCUT2D eigenvalue weighted by molar-refractivity contribution is -0.130. The standard InChI is InChI=1S/C20H22N4O3/c25-19(17-9-5-13-27-17)22-11-12-23-18-16(8-4-10-21-18)24(20(23)26)14-15-6-2-1-3-7-15/h1-4,6-8,10,17H,5,9,11-14H2,(H,22,25). The van der Waals surface area contributed by atoms with E-state index in [0.29, 0.717) is 31.9 Å². The number of pyridine rings is 1. The zero-order valence-corrected chi connectivity index (χ0v) is 15.0. The van der Waals surface area contributed by atoms with Crippen molar-refractivity contribution in [3.05, 3.63) is 64.7 Å². The average Bonchev–Trinajstić information content (AvgIpc) is 3.32. The SMILES string of the molecule is O=C(NCCn1c(=O)n(Cc2ccccc2)c2cccnc21)C1CCCO1. The van der Waals surface area contributed by atoms with Gasteiger partial charge in [-0.3, -0.25) is 13.9 Å².